The van der Waals surface area contributed by atoms with Gasteiger partial charge < -0.3 is 24.1 Å². The van der Waals surface area contributed by atoms with Crippen molar-refractivity contribution in [1.29, 1.82) is 0 Å². The molecular formula is C31H29N3O4S. The third-order valence-corrected chi connectivity index (χ3v) is 6.73. The van der Waals surface area contributed by atoms with Gasteiger partial charge >= 0.3 is 0 Å². The zero-order valence-corrected chi connectivity index (χ0v) is 23.0. The summed E-state index contributed by atoms with van der Waals surface area (Å²) < 4.78 is 18.8. The van der Waals surface area contributed by atoms with Crippen molar-refractivity contribution in [3.63, 3.8) is 0 Å². The lowest BCUT2D eigenvalue weighted by molar-refractivity contribution is -0.113. The molecule has 1 amide bonds. The second kappa shape index (κ2) is 11.0. The van der Waals surface area contributed by atoms with Crippen molar-refractivity contribution in [3.05, 3.63) is 102 Å². The Morgan fingerprint density at radius 2 is 1.41 bits per heavy atom. The summed E-state index contributed by atoms with van der Waals surface area (Å²) in [7, 11) is 1.64. The van der Waals surface area contributed by atoms with Crippen molar-refractivity contribution in [3.8, 4) is 28.7 Å². The number of carbonyl (C=O) groups excluding carboxylic acids is 1. The quantitative estimate of drug-likeness (QED) is 0.202. The molecular weight excluding hydrogens is 510 g/mol. The minimum absolute atomic E-state index is 0.200. The molecule has 0 unspecified atom stereocenters. The summed E-state index contributed by atoms with van der Waals surface area (Å²) in [4.78, 5) is 14.8. The van der Waals surface area contributed by atoms with Gasteiger partial charge in [0.15, 0.2) is 5.11 Å². The normalized spacial score (nSPS) is 14.1. The van der Waals surface area contributed by atoms with Crippen LogP contribution in [0.2, 0.25) is 0 Å². The number of ether oxygens (including phenoxy) is 3. The van der Waals surface area contributed by atoms with Crippen LogP contribution in [-0.2, 0) is 4.79 Å². The van der Waals surface area contributed by atoms with Crippen molar-refractivity contribution >= 4 is 35.0 Å². The molecule has 1 fully saturated rings. The molecule has 1 aromatic heterocycles. The van der Waals surface area contributed by atoms with E-state index in [4.69, 9.17) is 26.4 Å². The Kier molecular flexibility index (Phi) is 7.38. The van der Waals surface area contributed by atoms with Crippen LogP contribution in [0.15, 0.2) is 84.6 Å². The van der Waals surface area contributed by atoms with Crippen molar-refractivity contribution in [2.75, 3.05) is 18.6 Å². The maximum Gasteiger partial charge on any atom is 0.281 e. The number of hydrogen-bond acceptors (Lipinski definition) is 5. The zero-order chi connectivity index (χ0) is 27.5. The van der Waals surface area contributed by atoms with Crippen LogP contribution in [-0.4, -0.2) is 29.3 Å². The average Bonchev–Trinajstić information content (AvgIpc) is 3.38. The van der Waals surface area contributed by atoms with Crippen LogP contribution < -0.4 is 24.4 Å². The van der Waals surface area contributed by atoms with Crippen molar-refractivity contribution in [2.24, 2.45) is 0 Å². The zero-order valence-electron chi connectivity index (χ0n) is 22.2. The molecule has 0 radical (unpaired) electrons. The van der Waals surface area contributed by atoms with Crippen molar-refractivity contribution in [1.82, 2.24) is 9.88 Å². The summed E-state index contributed by atoms with van der Waals surface area (Å²) in [6.45, 7) is 6.58. The molecule has 1 N–H and O–H groups in total. The van der Waals surface area contributed by atoms with Gasteiger partial charge in [0.1, 0.15) is 28.7 Å². The number of nitrogens with one attached hydrogen (secondary N) is 1. The molecule has 7 nitrogen and oxygen atoms in total. The van der Waals surface area contributed by atoms with Crippen LogP contribution in [0.25, 0.3) is 11.8 Å². The fourth-order valence-electron chi connectivity index (χ4n) is 4.56. The molecule has 198 valence electrons. The number of anilines is 1. The highest BCUT2D eigenvalue weighted by molar-refractivity contribution is 7.80. The second-order valence-corrected chi connectivity index (χ2v) is 9.38. The molecule has 1 aliphatic rings. The molecule has 0 saturated carbocycles. The second-order valence-electron chi connectivity index (χ2n) is 8.99. The molecule has 2 heterocycles. The van der Waals surface area contributed by atoms with Crippen LogP contribution in [0, 0.1) is 13.8 Å². The maximum absolute atomic E-state index is 13.3. The summed E-state index contributed by atoms with van der Waals surface area (Å²) in [5.41, 5.74) is 5.08. The monoisotopic (exact) mass is 539 g/mol. The highest BCUT2D eigenvalue weighted by Crippen LogP contribution is 2.29. The molecule has 8 heteroatoms. The van der Waals surface area contributed by atoms with Crippen LogP contribution in [0.3, 0.4) is 0 Å². The third kappa shape index (κ3) is 5.37. The van der Waals surface area contributed by atoms with Gasteiger partial charge in [0.2, 0.25) is 0 Å². The highest BCUT2D eigenvalue weighted by Gasteiger charge is 2.32. The minimum Gasteiger partial charge on any atom is -0.497 e. The van der Waals surface area contributed by atoms with Gasteiger partial charge in [0.25, 0.3) is 5.91 Å². The predicted octanol–water partition coefficient (Wildman–Crippen LogP) is 6.56. The molecule has 3 aromatic carbocycles. The van der Waals surface area contributed by atoms with Gasteiger partial charge in [0, 0.05) is 17.1 Å². The van der Waals surface area contributed by atoms with Crippen LogP contribution >= 0.6 is 12.2 Å². The highest BCUT2D eigenvalue weighted by atomic mass is 32.1. The molecule has 5 rings (SSSR count). The number of benzene rings is 3. The Balaban J connectivity index is 1.35. The van der Waals surface area contributed by atoms with Crippen molar-refractivity contribution in [2.45, 2.75) is 20.8 Å². The van der Waals surface area contributed by atoms with E-state index in [0.717, 1.165) is 45.6 Å². The summed E-state index contributed by atoms with van der Waals surface area (Å²) in [5, 5.41) is 3.42. The number of carbonyl (C=O) groups is 1. The van der Waals surface area contributed by atoms with Gasteiger partial charge in [0.05, 0.1) is 19.4 Å². The molecule has 1 saturated heterocycles. The van der Waals surface area contributed by atoms with E-state index in [0.29, 0.717) is 23.1 Å². The fraction of sp³-hybridized carbons (Fsp3) is 0.161. The van der Waals surface area contributed by atoms with Gasteiger partial charge in [-0.2, -0.15) is 0 Å². The lowest BCUT2D eigenvalue weighted by Crippen LogP contribution is -2.30. The molecule has 1 aliphatic heterocycles. The van der Waals surface area contributed by atoms with Gasteiger partial charge in [-0.3, -0.25) is 9.69 Å². The standard InChI is InChI=1S/C31H29N3O4S/c1-5-37-26-10-6-24(7-11-26)34-30(35)29(32-31(34)39)19-22-18-20(2)33(21(22)3)23-8-12-27(13-9-23)38-28-16-14-25(36-4)15-17-28/h6-19H,5H2,1-4H3,(H,32,39)/b29-19-. The summed E-state index contributed by atoms with van der Waals surface area (Å²) in [6.07, 6.45) is 1.85. The largest absolute Gasteiger partial charge is 0.497 e. The fourth-order valence-corrected chi connectivity index (χ4v) is 4.86. The minimum atomic E-state index is -0.200. The lowest BCUT2D eigenvalue weighted by atomic mass is 10.2. The number of thiocarbonyl (C=S) groups is 1. The van der Waals surface area contributed by atoms with Gasteiger partial charge in [-0.25, -0.2) is 0 Å². The van der Waals surface area contributed by atoms with Gasteiger partial charge in [-0.15, -0.1) is 0 Å². The Hall–Kier alpha value is -4.56. The Morgan fingerprint density at radius 3 is 2.03 bits per heavy atom. The van der Waals surface area contributed by atoms with Gasteiger partial charge in [-0.1, -0.05) is 0 Å². The van der Waals surface area contributed by atoms with Crippen LogP contribution in [0.5, 0.6) is 23.0 Å². The Morgan fingerprint density at radius 1 is 0.846 bits per heavy atom. The number of aryl methyl sites for hydroxylation is 1. The number of hydrogen-bond donors (Lipinski definition) is 1. The number of aromatic nitrogens is 1. The number of rotatable bonds is 8. The van der Waals surface area contributed by atoms with Crippen molar-refractivity contribution < 1.29 is 19.0 Å². The Labute approximate surface area is 233 Å². The summed E-state index contributed by atoms with van der Waals surface area (Å²) in [5.74, 6) is 2.79. The summed E-state index contributed by atoms with van der Waals surface area (Å²) in [6, 6.07) is 24.7. The van der Waals surface area contributed by atoms with Crippen LogP contribution in [0.1, 0.15) is 23.9 Å². The average molecular weight is 540 g/mol. The SMILES string of the molecule is CCOc1ccc(N2C(=O)/C(=C/c3cc(C)n(-c4ccc(Oc5ccc(OC)cc5)cc4)c3C)NC2=S)cc1. The molecule has 39 heavy (non-hydrogen) atoms. The summed E-state index contributed by atoms with van der Waals surface area (Å²) >= 11 is 5.49. The lowest BCUT2D eigenvalue weighted by Gasteiger charge is -2.14. The van der Waals surface area contributed by atoms with E-state index in [9.17, 15) is 4.79 Å². The van der Waals surface area contributed by atoms with E-state index < -0.39 is 0 Å². The van der Waals surface area contributed by atoms with Crippen LogP contribution in [0.4, 0.5) is 5.69 Å². The first-order chi connectivity index (χ1) is 18.9. The number of nitrogens with zero attached hydrogens (tertiary/aromatic N) is 2. The molecule has 0 atom stereocenters. The molecule has 0 aliphatic carbocycles. The van der Waals surface area contributed by atoms with E-state index in [-0.39, 0.29) is 5.91 Å². The van der Waals surface area contributed by atoms with E-state index in [1.165, 1.54) is 4.90 Å². The maximum atomic E-state index is 13.3. The topological polar surface area (TPSA) is 65.0 Å². The van der Waals surface area contributed by atoms with Gasteiger partial charge in [-0.05, 0) is 123 Å². The smallest absolute Gasteiger partial charge is 0.281 e. The molecule has 4 aromatic rings. The predicted molar refractivity (Wildman–Crippen MR) is 157 cm³/mol. The van der Waals surface area contributed by atoms with E-state index in [2.05, 4.69) is 16.0 Å². The van der Waals surface area contributed by atoms with E-state index in [1.54, 1.807) is 7.11 Å². The Bertz CT molecular complexity index is 1540. The number of amides is 1. The van der Waals surface area contributed by atoms with E-state index >= 15 is 0 Å². The first-order valence-corrected chi connectivity index (χ1v) is 13.0. The molecule has 0 spiro atoms. The number of methoxy groups -OCH3 is 1. The first kappa shape index (κ1) is 26.1. The first-order valence-electron chi connectivity index (χ1n) is 12.6. The molecule has 0 bridgehead atoms. The van der Waals surface area contributed by atoms with E-state index in [1.807, 2.05) is 99.6 Å². The third-order valence-electron chi connectivity index (χ3n) is 6.44.